The number of nitrogens with one attached hydrogen (secondary N) is 1. The molecule has 1 aliphatic rings. The van der Waals surface area contributed by atoms with Crippen LogP contribution in [0.15, 0.2) is 18.2 Å². The number of piperidine rings is 1. The lowest BCUT2D eigenvalue weighted by Gasteiger charge is -2.34. The van der Waals surface area contributed by atoms with Gasteiger partial charge in [-0.05, 0) is 50.3 Å². The molecule has 0 aromatic heterocycles. The van der Waals surface area contributed by atoms with Crippen molar-refractivity contribution in [3.63, 3.8) is 0 Å². The van der Waals surface area contributed by atoms with Gasteiger partial charge in [0, 0.05) is 19.6 Å². The molecule has 1 fully saturated rings. The fourth-order valence-electron chi connectivity index (χ4n) is 3.21. The van der Waals surface area contributed by atoms with Gasteiger partial charge in [0.15, 0.2) is 0 Å². The van der Waals surface area contributed by atoms with E-state index in [0.29, 0.717) is 19.0 Å². The minimum Gasteiger partial charge on any atom is -0.387 e. The number of aryl methyl sites for hydroxylation is 2. The number of aliphatic hydroxyl groups is 1. The zero-order valence-electron chi connectivity index (χ0n) is 14.2. The van der Waals surface area contributed by atoms with E-state index in [0.717, 1.165) is 42.6 Å². The van der Waals surface area contributed by atoms with Gasteiger partial charge >= 0.3 is 0 Å². The summed E-state index contributed by atoms with van der Waals surface area (Å²) in [6, 6.07) is 6.15. The Hall–Kier alpha value is -0.950. The van der Waals surface area contributed by atoms with Crippen LogP contribution in [0.3, 0.4) is 0 Å². The van der Waals surface area contributed by atoms with Crippen LogP contribution in [0.4, 0.5) is 0 Å². The molecule has 6 heteroatoms. The van der Waals surface area contributed by atoms with Crippen molar-refractivity contribution in [3.8, 4) is 0 Å². The number of hydrogen-bond donors (Lipinski definition) is 2. The quantitative estimate of drug-likeness (QED) is 0.825. The lowest BCUT2D eigenvalue weighted by molar-refractivity contribution is 0.0848. The van der Waals surface area contributed by atoms with Crippen LogP contribution in [0.5, 0.6) is 0 Å². The Kier molecular flexibility index (Phi) is 6.19. The van der Waals surface area contributed by atoms with Gasteiger partial charge in [-0.3, -0.25) is 0 Å². The summed E-state index contributed by atoms with van der Waals surface area (Å²) in [6.07, 6.45) is 2.75. The summed E-state index contributed by atoms with van der Waals surface area (Å²) in [5, 5.41) is 10.6. The number of hydrogen-bond acceptors (Lipinski definition) is 4. The van der Waals surface area contributed by atoms with Gasteiger partial charge in [0.05, 0.1) is 12.4 Å². The fourth-order valence-corrected chi connectivity index (χ4v) is 3.75. The van der Waals surface area contributed by atoms with Crippen molar-refractivity contribution in [2.75, 3.05) is 32.4 Å². The zero-order valence-corrected chi connectivity index (χ0v) is 15.1. The van der Waals surface area contributed by atoms with Crippen molar-refractivity contribution >= 4 is 10.0 Å². The van der Waals surface area contributed by atoms with Crippen LogP contribution in [-0.2, 0) is 10.0 Å². The van der Waals surface area contributed by atoms with Crippen molar-refractivity contribution in [2.45, 2.75) is 32.8 Å². The summed E-state index contributed by atoms with van der Waals surface area (Å²) in [4.78, 5) is 2.24. The molecule has 0 unspecified atom stereocenters. The van der Waals surface area contributed by atoms with E-state index in [-0.39, 0.29) is 0 Å². The average Bonchev–Trinajstić information content (AvgIpc) is 2.47. The molecule has 5 nitrogen and oxygen atoms in total. The topological polar surface area (TPSA) is 69.6 Å². The Morgan fingerprint density at radius 3 is 2.83 bits per heavy atom. The van der Waals surface area contributed by atoms with Crippen LogP contribution in [0.2, 0.25) is 0 Å². The van der Waals surface area contributed by atoms with Crippen LogP contribution >= 0.6 is 0 Å². The highest BCUT2D eigenvalue weighted by atomic mass is 32.2. The summed E-state index contributed by atoms with van der Waals surface area (Å²) in [5.74, 6) is 0.310. The molecule has 130 valence electrons. The first-order chi connectivity index (χ1) is 10.7. The number of benzene rings is 1. The van der Waals surface area contributed by atoms with Gasteiger partial charge in [0.1, 0.15) is 0 Å². The number of β-amino-alcohol motifs (C(OH)–C–C–N with tert-alkyl or cyclic N) is 1. The monoisotopic (exact) mass is 340 g/mol. The first-order valence-corrected chi connectivity index (χ1v) is 10.1. The molecule has 23 heavy (non-hydrogen) atoms. The molecular formula is C17H28N2O3S. The molecule has 1 heterocycles. The van der Waals surface area contributed by atoms with Crippen molar-refractivity contribution in [2.24, 2.45) is 5.92 Å². The van der Waals surface area contributed by atoms with E-state index >= 15 is 0 Å². The van der Waals surface area contributed by atoms with Gasteiger partial charge in [-0.15, -0.1) is 0 Å². The Labute approximate surface area is 139 Å². The normalized spacial score (nSPS) is 21.3. The van der Waals surface area contributed by atoms with Gasteiger partial charge in [-0.1, -0.05) is 23.8 Å². The molecule has 1 aromatic rings. The number of likely N-dealkylation sites (tertiary alicyclic amines) is 1. The molecule has 0 amide bonds. The minimum absolute atomic E-state index is 0.310. The van der Waals surface area contributed by atoms with E-state index in [1.165, 1.54) is 6.26 Å². The van der Waals surface area contributed by atoms with Crippen LogP contribution in [0, 0.1) is 19.8 Å². The van der Waals surface area contributed by atoms with E-state index in [4.69, 9.17) is 0 Å². The highest BCUT2D eigenvalue weighted by molar-refractivity contribution is 7.88. The average molecular weight is 340 g/mol. The van der Waals surface area contributed by atoms with Crippen molar-refractivity contribution in [3.05, 3.63) is 34.9 Å². The Balaban J connectivity index is 1.93. The number of sulfonamides is 1. The van der Waals surface area contributed by atoms with E-state index in [9.17, 15) is 13.5 Å². The van der Waals surface area contributed by atoms with Gasteiger partial charge < -0.3 is 10.0 Å². The van der Waals surface area contributed by atoms with Gasteiger partial charge in [-0.2, -0.15) is 0 Å². The molecule has 0 radical (unpaired) electrons. The molecule has 1 aromatic carbocycles. The third-order valence-corrected chi connectivity index (χ3v) is 5.15. The van der Waals surface area contributed by atoms with Gasteiger partial charge in [0.25, 0.3) is 0 Å². The number of rotatable bonds is 6. The third-order valence-electron chi connectivity index (χ3n) is 4.46. The van der Waals surface area contributed by atoms with E-state index in [1.807, 2.05) is 26.0 Å². The molecule has 0 saturated carbocycles. The van der Waals surface area contributed by atoms with E-state index in [2.05, 4.69) is 15.7 Å². The summed E-state index contributed by atoms with van der Waals surface area (Å²) in [5.41, 5.74) is 3.25. The molecule has 2 atom stereocenters. The molecule has 2 rings (SSSR count). The second-order valence-electron chi connectivity index (χ2n) is 6.76. The summed E-state index contributed by atoms with van der Waals surface area (Å²) in [7, 11) is -3.14. The molecular weight excluding hydrogens is 312 g/mol. The first kappa shape index (κ1) is 18.4. The second-order valence-corrected chi connectivity index (χ2v) is 8.60. The fraction of sp³-hybridized carbons (Fsp3) is 0.647. The predicted molar refractivity (Wildman–Crippen MR) is 92.9 cm³/mol. The molecule has 0 aliphatic carbocycles. The second kappa shape index (κ2) is 7.75. The largest absolute Gasteiger partial charge is 0.387 e. The standard InChI is InChI=1S/C17H28N2O3S/c1-13-6-7-14(2)16(9-13)17(20)12-19-8-4-5-15(11-19)10-18-23(3,21)22/h6-7,9,15,17-18,20H,4-5,8,10-12H2,1-3H3/t15-,17+/m1/s1. The van der Waals surface area contributed by atoms with Crippen LogP contribution < -0.4 is 4.72 Å². The lowest BCUT2D eigenvalue weighted by atomic mass is 9.96. The highest BCUT2D eigenvalue weighted by Crippen LogP contribution is 2.23. The van der Waals surface area contributed by atoms with Crippen molar-refractivity contribution in [1.29, 1.82) is 0 Å². The van der Waals surface area contributed by atoms with Crippen LogP contribution in [0.1, 0.15) is 35.6 Å². The Morgan fingerprint density at radius 2 is 2.13 bits per heavy atom. The zero-order chi connectivity index (χ0) is 17.0. The maximum absolute atomic E-state index is 11.2. The van der Waals surface area contributed by atoms with E-state index in [1.54, 1.807) is 0 Å². The minimum atomic E-state index is -3.14. The summed E-state index contributed by atoms with van der Waals surface area (Å²) >= 11 is 0. The Morgan fingerprint density at radius 1 is 1.39 bits per heavy atom. The van der Waals surface area contributed by atoms with Gasteiger partial charge in [0.2, 0.25) is 10.0 Å². The van der Waals surface area contributed by atoms with E-state index < -0.39 is 16.1 Å². The molecule has 2 N–H and O–H groups in total. The summed E-state index contributed by atoms with van der Waals surface area (Å²) in [6.45, 7) is 6.91. The van der Waals surface area contributed by atoms with Crippen molar-refractivity contribution < 1.29 is 13.5 Å². The number of aliphatic hydroxyl groups excluding tert-OH is 1. The first-order valence-electron chi connectivity index (χ1n) is 8.17. The molecule has 1 saturated heterocycles. The SMILES string of the molecule is Cc1ccc(C)c([C@@H](O)CN2CCC[C@H](CNS(C)(=O)=O)C2)c1. The number of nitrogens with zero attached hydrogens (tertiary/aromatic N) is 1. The van der Waals surface area contributed by atoms with Crippen LogP contribution in [0.25, 0.3) is 0 Å². The Bertz CT molecular complexity index is 631. The maximum Gasteiger partial charge on any atom is 0.208 e. The third kappa shape index (κ3) is 5.88. The molecule has 1 aliphatic heterocycles. The highest BCUT2D eigenvalue weighted by Gasteiger charge is 2.23. The molecule has 0 bridgehead atoms. The van der Waals surface area contributed by atoms with Gasteiger partial charge in [-0.25, -0.2) is 13.1 Å². The predicted octanol–water partition coefficient (Wildman–Crippen LogP) is 1.60. The lowest BCUT2D eigenvalue weighted by Crippen LogP contribution is -2.42. The summed E-state index contributed by atoms with van der Waals surface area (Å²) < 4.78 is 25.0. The maximum atomic E-state index is 11.2. The molecule has 0 spiro atoms. The van der Waals surface area contributed by atoms with Crippen molar-refractivity contribution in [1.82, 2.24) is 9.62 Å². The van der Waals surface area contributed by atoms with Crippen LogP contribution in [-0.4, -0.2) is 50.9 Å². The smallest absolute Gasteiger partial charge is 0.208 e.